The van der Waals surface area contributed by atoms with Gasteiger partial charge in [0, 0.05) is 54.0 Å². The van der Waals surface area contributed by atoms with Crippen LogP contribution in [0.2, 0.25) is 0 Å². The van der Waals surface area contributed by atoms with E-state index < -0.39 is 0 Å². The van der Waals surface area contributed by atoms with Gasteiger partial charge >= 0.3 is 0 Å². The zero-order chi connectivity index (χ0) is 25.6. The van der Waals surface area contributed by atoms with Gasteiger partial charge in [-0.2, -0.15) is 0 Å². The quantitative estimate of drug-likeness (QED) is 0.0884. The molecular formula is C30H30NaS5. The average molecular weight is 574 g/mol. The van der Waals surface area contributed by atoms with E-state index in [-0.39, 0.29) is 29.6 Å². The Hall–Kier alpha value is -1.15. The molecule has 0 aliphatic rings. The van der Waals surface area contributed by atoms with Crippen LogP contribution in [0.5, 0.6) is 0 Å². The van der Waals surface area contributed by atoms with Crippen LogP contribution < -0.4 is 0 Å². The van der Waals surface area contributed by atoms with E-state index in [0.29, 0.717) is 0 Å². The fourth-order valence-corrected chi connectivity index (χ4v) is 3.00. The molecule has 0 nitrogen and oxygen atoms in total. The second kappa shape index (κ2) is 24.2. The van der Waals surface area contributed by atoms with Crippen LogP contribution in [-0.2, 0) is 0 Å². The van der Waals surface area contributed by atoms with Gasteiger partial charge in [0.2, 0.25) is 0 Å². The van der Waals surface area contributed by atoms with Crippen molar-refractivity contribution in [3.05, 3.63) is 152 Å². The molecule has 181 valence electrons. The molecule has 0 N–H and O–H groups in total. The Bertz CT molecular complexity index is 895. The Labute approximate surface area is 266 Å². The first-order chi connectivity index (χ1) is 17.0. The van der Waals surface area contributed by atoms with E-state index in [1.165, 1.54) is 0 Å². The van der Waals surface area contributed by atoms with E-state index in [0.717, 1.165) is 24.5 Å². The molecule has 0 aliphatic carbocycles. The van der Waals surface area contributed by atoms with Crippen LogP contribution in [0.4, 0.5) is 0 Å². The Morgan fingerprint density at radius 2 is 0.333 bits per heavy atom. The van der Waals surface area contributed by atoms with Crippen molar-refractivity contribution >= 4 is 92.7 Å². The zero-order valence-corrected chi connectivity index (χ0v) is 26.6. The number of hydrogen-bond acceptors (Lipinski definition) is 5. The fraction of sp³-hybridized carbons (Fsp3) is 0. The van der Waals surface area contributed by atoms with Crippen LogP contribution in [0.3, 0.4) is 0 Å². The van der Waals surface area contributed by atoms with E-state index in [1.807, 2.05) is 152 Å². The minimum atomic E-state index is 0. The predicted molar refractivity (Wildman–Crippen MR) is 174 cm³/mol. The average Bonchev–Trinajstić information content (AvgIpc) is 2.88. The Balaban J connectivity index is 0.000000422. The summed E-state index contributed by atoms with van der Waals surface area (Å²) in [7, 11) is 0. The minimum absolute atomic E-state index is 0. The molecule has 0 aliphatic heterocycles. The molecule has 0 aromatic heterocycles. The van der Waals surface area contributed by atoms with Gasteiger partial charge in [-0.1, -0.05) is 91.0 Å². The van der Waals surface area contributed by atoms with Gasteiger partial charge in [-0.15, -0.1) is 63.1 Å². The van der Waals surface area contributed by atoms with Crippen molar-refractivity contribution in [1.82, 2.24) is 0 Å². The SMILES string of the molecule is Sc1ccccc1.Sc1ccccc1.Sc1ccccc1.Sc1ccccc1.Sc1ccccc1.[Na]. The third-order valence-electron chi connectivity index (χ3n) is 3.78. The largest absolute Gasteiger partial charge is 0.143 e. The molecule has 0 unspecified atom stereocenters. The van der Waals surface area contributed by atoms with Crippen LogP contribution >= 0.6 is 63.1 Å². The van der Waals surface area contributed by atoms with Gasteiger partial charge < -0.3 is 0 Å². The molecule has 0 fully saturated rings. The van der Waals surface area contributed by atoms with Crippen LogP contribution in [-0.4, -0.2) is 29.6 Å². The second-order valence-corrected chi connectivity index (χ2v) is 9.26. The third-order valence-corrected chi connectivity index (χ3v) is 5.27. The molecule has 0 atom stereocenters. The summed E-state index contributed by atoms with van der Waals surface area (Å²) in [6.07, 6.45) is 0. The summed E-state index contributed by atoms with van der Waals surface area (Å²) in [6, 6.07) is 48.9. The molecule has 5 rings (SSSR count). The third kappa shape index (κ3) is 22.1. The van der Waals surface area contributed by atoms with Gasteiger partial charge in [0.25, 0.3) is 0 Å². The molecule has 0 amide bonds. The van der Waals surface area contributed by atoms with E-state index in [1.54, 1.807) is 0 Å². The van der Waals surface area contributed by atoms with Crippen LogP contribution in [0, 0.1) is 0 Å². The van der Waals surface area contributed by atoms with E-state index in [9.17, 15) is 0 Å². The summed E-state index contributed by atoms with van der Waals surface area (Å²) in [6.45, 7) is 0. The Morgan fingerprint density at radius 1 is 0.222 bits per heavy atom. The molecule has 0 saturated heterocycles. The van der Waals surface area contributed by atoms with E-state index in [4.69, 9.17) is 0 Å². The monoisotopic (exact) mass is 573 g/mol. The van der Waals surface area contributed by atoms with Crippen molar-refractivity contribution in [2.75, 3.05) is 0 Å². The number of thiol groups is 5. The molecule has 1 radical (unpaired) electrons. The molecule has 5 aromatic rings. The first-order valence-electron chi connectivity index (χ1n) is 10.7. The standard InChI is InChI=1S/5C6H6S.Na/c5*7-6-4-2-1-3-5-6;/h5*1-5,7H;. The summed E-state index contributed by atoms with van der Waals surface area (Å²) in [5, 5.41) is 0. The van der Waals surface area contributed by atoms with Gasteiger partial charge in [-0.25, -0.2) is 0 Å². The topological polar surface area (TPSA) is 0 Å². The molecule has 0 saturated carbocycles. The van der Waals surface area contributed by atoms with Crippen molar-refractivity contribution in [2.24, 2.45) is 0 Å². The van der Waals surface area contributed by atoms with Crippen molar-refractivity contribution in [1.29, 1.82) is 0 Å². The van der Waals surface area contributed by atoms with Gasteiger partial charge in [-0.05, 0) is 60.7 Å². The van der Waals surface area contributed by atoms with Crippen molar-refractivity contribution < 1.29 is 0 Å². The zero-order valence-electron chi connectivity index (χ0n) is 20.2. The summed E-state index contributed by atoms with van der Waals surface area (Å²) < 4.78 is 0. The molecule has 0 spiro atoms. The Kier molecular flexibility index (Phi) is 23.4. The maximum absolute atomic E-state index is 4.08. The normalized spacial score (nSPS) is 8.47. The maximum Gasteiger partial charge on any atom is 0.00399 e. The van der Waals surface area contributed by atoms with Crippen molar-refractivity contribution in [2.45, 2.75) is 24.5 Å². The van der Waals surface area contributed by atoms with Crippen molar-refractivity contribution in [3.8, 4) is 0 Å². The summed E-state index contributed by atoms with van der Waals surface area (Å²) in [5.74, 6) is 0. The van der Waals surface area contributed by atoms with Gasteiger partial charge in [-0.3, -0.25) is 0 Å². The molecule has 36 heavy (non-hydrogen) atoms. The summed E-state index contributed by atoms with van der Waals surface area (Å²) >= 11 is 20.4. The number of benzene rings is 5. The molecule has 6 heteroatoms. The first-order valence-corrected chi connectivity index (χ1v) is 12.9. The molecule has 0 bridgehead atoms. The van der Waals surface area contributed by atoms with Crippen LogP contribution in [0.1, 0.15) is 0 Å². The van der Waals surface area contributed by atoms with Gasteiger partial charge in [0.1, 0.15) is 0 Å². The van der Waals surface area contributed by atoms with Crippen molar-refractivity contribution in [3.63, 3.8) is 0 Å². The molecular weight excluding hydrogens is 544 g/mol. The fourth-order valence-electron chi connectivity index (χ4n) is 2.14. The Morgan fingerprint density at radius 3 is 0.389 bits per heavy atom. The first kappa shape index (κ1) is 34.9. The molecule has 5 aromatic carbocycles. The minimum Gasteiger partial charge on any atom is -0.143 e. The smallest absolute Gasteiger partial charge is 0.00399 e. The summed E-state index contributed by atoms with van der Waals surface area (Å²) in [4.78, 5) is 5.08. The number of rotatable bonds is 0. The van der Waals surface area contributed by atoms with Crippen LogP contribution in [0.25, 0.3) is 0 Å². The van der Waals surface area contributed by atoms with Gasteiger partial charge in [0.15, 0.2) is 0 Å². The molecule has 0 heterocycles. The van der Waals surface area contributed by atoms with Gasteiger partial charge in [0.05, 0.1) is 0 Å². The number of hydrogen-bond donors (Lipinski definition) is 5. The summed E-state index contributed by atoms with van der Waals surface area (Å²) in [5.41, 5.74) is 0. The second-order valence-electron chi connectivity index (χ2n) is 6.68. The predicted octanol–water partition coefficient (Wildman–Crippen LogP) is 9.50. The van der Waals surface area contributed by atoms with Crippen LogP contribution in [0.15, 0.2) is 176 Å². The van der Waals surface area contributed by atoms with E-state index in [2.05, 4.69) is 63.1 Å². The maximum atomic E-state index is 4.08. The van der Waals surface area contributed by atoms with E-state index >= 15 is 0 Å².